The monoisotopic (exact) mass is 181 g/mol. The van der Waals surface area contributed by atoms with Crippen LogP contribution in [0.4, 0.5) is 0 Å². The smallest absolute Gasteiger partial charge is 0.335 e. The van der Waals surface area contributed by atoms with Gasteiger partial charge in [0.2, 0.25) is 0 Å². The number of rotatable bonds is 2. The molecule has 4 nitrogen and oxygen atoms in total. The molecule has 0 aromatic heterocycles. The number of aromatic hydroxyl groups is 1. The van der Waals surface area contributed by atoms with Crippen LogP contribution in [0.25, 0.3) is 0 Å². The summed E-state index contributed by atoms with van der Waals surface area (Å²) in [6.45, 7) is 1.68. The maximum absolute atomic E-state index is 10.6. The maximum Gasteiger partial charge on any atom is 0.335 e. The number of carboxylic acids is 1. The summed E-state index contributed by atoms with van der Waals surface area (Å²) in [7, 11) is 0. The van der Waals surface area contributed by atoms with Crippen molar-refractivity contribution >= 4 is 5.97 Å². The molecule has 0 aliphatic heterocycles. The summed E-state index contributed by atoms with van der Waals surface area (Å²) in [4.78, 5) is 10.6. The molecular formula is C9H11NO3. The predicted molar refractivity (Wildman–Crippen MR) is 47.7 cm³/mol. The number of hydrogen-bond acceptors (Lipinski definition) is 3. The third-order valence-corrected chi connectivity index (χ3v) is 1.77. The first-order valence-electron chi connectivity index (χ1n) is 3.84. The van der Waals surface area contributed by atoms with Crippen molar-refractivity contribution in [3.8, 4) is 5.75 Å². The van der Waals surface area contributed by atoms with E-state index in [0.29, 0.717) is 5.56 Å². The second-order valence-electron chi connectivity index (χ2n) is 2.87. The summed E-state index contributed by atoms with van der Waals surface area (Å²) in [6.07, 6.45) is 0. The highest BCUT2D eigenvalue weighted by atomic mass is 16.4. The van der Waals surface area contributed by atoms with Gasteiger partial charge in [-0.25, -0.2) is 4.79 Å². The van der Waals surface area contributed by atoms with Crippen LogP contribution in [0.3, 0.4) is 0 Å². The summed E-state index contributed by atoms with van der Waals surface area (Å²) >= 11 is 0. The van der Waals surface area contributed by atoms with Crippen molar-refractivity contribution in [2.24, 2.45) is 5.73 Å². The van der Waals surface area contributed by atoms with Gasteiger partial charge in [-0.05, 0) is 25.1 Å². The van der Waals surface area contributed by atoms with E-state index in [0.717, 1.165) is 0 Å². The van der Waals surface area contributed by atoms with E-state index in [-0.39, 0.29) is 17.4 Å². The molecule has 13 heavy (non-hydrogen) atoms. The third kappa shape index (κ3) is 1.97. The lowest BCUT2D eigenvalue weighted by Crippen LogP contribution is -2.07. The molecule has 0 aliphatic rings. The van der Waals surface area contributed by atoms with E-state index >= 15 is 0 Å². The fourth-order valence-corrected chi connectivity index (χ4v) is 1.05. The van der Waals surface area contributed by atoms with Crippen LogP contribution in [-0.2, 0) is 0 Å². The minimum atomic E-state index is -1.03. The van der Waals surface area contributed by atoms with Crippen LogP contribution in [0.5, 0.6) is 5.75 Å². The Kier molecular flexibility index (Phi) is 2.53. The average Bonchev–Trinajstić information content (AvgIpc) is 2.04. The molecule has 0 aliphatic carbocycles. The zero-order valence-electron chi connectivity index (χ0n) is 7.19. The number of benzene rings is 1. The van der Waals surface area contributed by atoms with Gasteiger partial charge in [0.1, 0.15) is 5.75 Å². The number of aromatic carboxylic acids is 1. The summed E-state index contributed by atoms with van der Waals surface area (Å²) in [5.74, 6) is -0.998. The Hall–Kier alpha value is -1.55. The Morgan fingerprint density at radius 3 is 2.62 bits per heavy atom. The molecule has 0 heterocycles. The first kappa shape index (κ1) is 9.54. The SMILES string of the molecule is CC(N)c1cc(C(=O)O)ccc1O. The van der Waals surface area contributed by atoms with Crippen molar-refractivity contribution in [1.82, 2.24) is 0 Å². The molecule has 1 aromatic rings. The van der Waals surface area contributed by atoms with Gasteiger partial charge in [-0.2, -0.15) is 0 Å². The van der Waals surface area contributed by atoms with Crippen molar-refractivity contribution in [1.29, 1.82) is 0 Å². The molecule has 0 bridgehead atoms. The average molecular weight is 181 g/mol. The molecule has 1 atom stereocenters. The van der Waals surface area contributed by atoms with Crippen LogP contribution in [0.2, 0.25) is 0 Å². The Balaban J connectivity index is 3.19. The molecule has 0 spiro atoms. The van der Waals surface area contributed by atoms with Gasteiger partial charge in [0.15, 0.2) is 0 Å². The quantitative estimate of drug-likeness (QED) is 0.638. The van der Waals surface area contributed by atoms with E-state index in [1.165, 1.54) is 18.2 Å². The van der Waals surface area contributed by atoms with Crippen molar-refractivity contribution in [3.63, 3.8) is 0 Å². The van der Waals surface area contributed by atoms with Gasteiger partial charge in [-0.3, -0.25) is 0 Å². The highest BCUT2D eigenvalue weighted by Crippen LogP contribution is 2.23. The van der Waals surface area contributed by atoms with Gasteiger partial charge < -0.3 is 15.9 Å². The van der Waals surface area contributed by atoms with E-state index in [2.05, 4.69) is 0 Å². The Morgan fingerprint density at radius 1 is 1.54 bits per heavy atom. The predicted octanol–water partition coefficient (Wildman–Crippen LogP) is 1.11. The molecule has 0 radical (unpaired) electrons. The second kappa shape index (κ2) is 3.45. The molecule has 0 saturated heterocycles. The summed E-state index contributed by atoms with van der Waals surface area (Å²) in [5.41, 5.74) is 6.10. The van der Waals surface area contributed by atoms with E-state index < -0.39 is 5.97 Å². The molecule has 0 amide bonds. The highest BCUT2D eigenvalue weighted by Gasteiger charge is 2.10. The van der Waals surface area contributed by atoms with Crippen LogP contribution >= 0.6 is 0 Å². The molecule has 0 fully saturated rings. The third-order valence-electron chi connectivity index (χ3n) is 1.77. The van der Waals surface area contributed by atoms with Gasteiger partial charge in [0.05, 0.1) is 5.56 Å². The van der Waals surface area contributed by atoms with Gasteiger partial charge in [0, 0.05) is 11.6 Å². The Labute approximate surface area is 75.6 Å². The maximum atomic E-state index is 10.6. The number of phenols is 1. The minimum absolute atomic E-state index is 0.0278. The Morgan fingerprint density at radius 2 is 2.15 bits per heavy atom. The lowest BCUT2D eigenvalue weighted by molar-refractivity contribution is 0.0697. The summed E-state index contributed by atoms with van der Waals surface area (Å²) < 4.78 is 0. The van der Waals surface area contributed by atoms with Gasteiger partial charge in [-0.15, -0.1) is 0 Å². The zero-order chi connectivity index (χ0) is 10.0. The molecule has 0 saturated carbocycles. The van der Waals surface area contributed by atoms with Crippen molar-refractivity contribution in [3.05, 3.63) is 29.3 Å². The van der Waals surface area contributed by atoms with E-state index in [4.69, 9.17) is 10.8 Å². The number of nitrogens with two attached hydrogens (primary N) is 1. The van der Waals surface area contributed by atoms with Crippen LogP contribution in [0, 0.1) is 0 Å². The lowest BCUT2D eigenvalue weighted by atomic mass is 10.0. The van der Waals surface area contributed by atoms with E-state index in [9.17, 15) is 9.90 Å². The molecule has 1 unspecified atom stereocenters. The minimum Gasteiger partial charge on any atom is -0.508 e. The molecule has 1 rings (SSSR count). The van der Waals surface area contributed by atoms with Crippen molar-refractivity contribution in [2.45, 2.75) is 13.0 Å². The largest absolute Gasteiger partial charge is 0.508 e. The van der Waals surface area contributed by atoms with Gasteiger partial charge in [-0.1, -0.05) is 0 Å². The molecule has 70 valence electrons. The number of phenolic OH excluding ortho intramolecular Hbond substituents is 1. The van der Waals surface area contributed by atoms with E-state index in [1.54, 1.807) is 6.92 Å². The van der Waals surface area contributed by atoms with Crippen LogP contribution < -0.4 is 5.73 Å². The van der Waals surface area contributed by atoms with Crippen molar-refractivity contribution in [2.75, 3.05) is 0 Å². The molecule has 4 heteroatoms. The topological polar surface area (TPSA) is 83.6 Å². The standard InChI is InChI=1S/C9H11NO3/c1-5(10)7-4-6(9(12)13)2-3-8(7)11/h2-5,11H,10H2,1H3,(H,12,13). The zero-order valence-corrected chi connectivity index (χ0v) is 7.19. The Bertz CT molecular complexity index is 334. The van der Waals surface area contributed by atoms with E-state index in [1.807, 2.05) is 0 Å². The van der Waals surface area contributed by atoms with Crippen LogP contribution in [0.15, 0.2) is 18.2 Å². The second-order valence-corrected chi connectivity index (χ2v) is 2.87. The molecular weight excluding hydrogens is 170 g/mol. The van der Waals surface area contributed by atoms with Crippen LogP contribution in [0.1, 0.15) is 28.9 Å². The first-order valence-corrected chi connectivity index (χ1v) is 3.84. The first-order chi connectivity index (χ1) is 6.02. The molecule has 1 aromatic carbocycles. The highest BCUT2D eigenvalue weighted by molar-refractivity contribution is 5.88. The van der Waals surface area contributed by atoms with Gasteiger partial charge >= 0.3 is 5.97 Å². The fraction of sp³-hybridized carbons (Fsp3) is 0.222. The fourth-order valence-electron chi connectivity index (χ4n) is 1.05. The number of carboxylic acid groups (broad SMARTS) is 1. The molecule has 4 N–H and O–H groups in total. The normalized spacial score (nSPS) is 12.5. The summed E-state index contributed by atoms with van der Waals surface area (Å²) in [5, 5.41) is 18.0. The number of carbonyl (C=O) groups is 1. The van der Waals surface area contributed by atoms with Crippen molar-refractivity contribution < 1.29 is 15.0 Å². The lowest BCUT2D eigenvalue weighted by Gasteiger charge is -2.08. The number of hydrogen-bond donors (Lipinski definition) is 3. The van der Waals surface area contributed by atoms with Crippen LogP contribution in [-0.4, -0.2) is 16.2 Å². The summed E-state index contributed by atoms with van der Waals surface area (Å²) in [6, 6.07) is 3.67. The van der Waals surface area contributed by atoms with Gasteiger partial charge in [0.25, 0.3) is 0 Å².